The molecule has 0 aromatic heterocycles. The van der Waals surface area contributed by atoms with Gasteiger partial charge in [0, 0.05) is 17.9 Å². The molecule has 1 fully saturated rings. The first kappa shape index (κ1) is 11.7. The van der Waals surface area contributed by atoms with Crippen LogP contribution in [0.25, 0.3) is 4.98 Å². The molecular formula is C9H15N2OS2+. The smallest absolute Gasteiger partial charge is 0.387 e. The highest BCUT2D eigenvalue weighted by Crippen LogP contribution is 2.46. The highest BCUT2D eigenvalue weighted by molar-refractivity contribution is 8.21. The third-order valence-corrected chi connectivity index (χ3v) is 5.58. The van der Waals surface area contributed by atoms with Gasteiger partial charge in [0.1, 0.15) is 0 Å². The molecule has 1 heterocycles. The van der Waals surface area contributed by atoms with E-state index in [1.165, 1.54) is 11.5 Å². The molecule has 1 saturated heterocycles. The summed E-state index contributed by atoms with van der Waals surface area (Å²) in [4.78, 5) is 2.78. The maximum atomic E-state index is 9.20. The third kappa shape index (κ3) is 3.81. The third-order valence-electron chi connectivity index (χ3n) is 2.17. The van der Waals surface area contributed by atoms with Crippen LogP contribution in [-0.2, 0) is 0 Å². The molecule has 0 spiro atoms. The number of aliphatic hydroxyl groups excluding tert-OH is 1. The molecule has 1 N–H and O–H groups in total. The average molecular weight is 231 g/mol. The summed E-state index contributed by atoms with van der Waals surface area (Å²) in [6.07, 6.45) is 3.72. The van der Waals surface area contributed by atoms with Gasteiger partial charge in [0.25, 0.3) is 0 Å². The molecule has 0 aromatic carbocycles. The van der Waals surface area contributed by atoms with Gasteiger partial charge in [-0.25, -0.2) is 0 Å². The molecule has 1 aliphatic rings. The van der Waals surface area contributed by atoms with E-state index < -0.39 is 0 Å². The zero-order chi connectivity index (χ0) is 10.4. The second kappa shape index (κ2) is 5.52. The number of rotatable bonds is 4. The Morgan fingerprint density at radius 3 is 2.79 bits per heavy atom. The maximum Gasteiger partial charge on any atom is 0.387 e. The van der Waals surface area contributed by atoms with Crippen molar-refractivity contribution in [3.8, 4) is 0 Å². The molecule has 14 heavy (non-hydrogen) atoms. The molecular weight excluding hydrogens is 216 g/mol. The molecule has 0 atom stereocenters. The number of thioether (sulfide) groups is 2. The van der Waals surface area contributed by atoms with Crippen molar-refractivity contribution in [2.75, 3.05) is 11.5 Å². The molecule has 0 saturated carbocycles. The minimum atomic E-state index is 0.157. The summed E-state index contributed by atoms with van der Waals surface area (Å²) in [6.45, 7) is 2.26. The summed E-state index contributed by atoms with van der Waals surface area (Å²) in [5.41, 5.74) is 0. The number of hydrogen-bond donors (Lipinski definition) is 1. The SMILES string of the molecule is CC1(CCC/C(O)=C/[N+]#N)SCCS1. The summed E-state index contributed by atoms with van der Waals surface area (Å²) < 4.78 is 0.330. The van der Waals surface area contributed by atoms with Gasteiger partial charge >= 0.3 is 6.20 Å². The van der Waals surface area contributed by atoms with Gasteiger partial charge < -0.3 is 5.11 Å². The topological polar surface area (TPSA) is 48.4 Å². The monoisotopic (exact) mass is 231 g/mol. The van der Waals surface area contributed by atoms with Crippen LogP contribution in [0.1, 0.15) is 26.2 Å². The van der Waals surface area contributed by atoms with Crippen LogP contribution in [0.15, 0.2) is 12.0 Å². The van der Waals surface area contributed by atoms with Crippen LogP contribution in [-0.4, -0.2) is 20.7 Å². The van der Waals surface area contributed by atoms with E-state index in [1.54, 1.807) is 0 Å². The van der Waals surface area contributed by atoms with Crippen molar-refractivity contribution >= 4 is 23.5 Å². The Morgan fingerprint density at radius 1 is 1.57 bits per heavy atom. The number of diazo groups is 1. The Balaban J connectivity index is 2.21. The van der Waals surface area contributed by atoms with Gasteiger partial charge in [-0.2, -0.15) is 0 Å². The fourth-order valence-electron chi connectivity index (χ4n) is 1.42. The molecule has 0 aromatic rings. The van der Waals surface area contributed by atoms with Crippen LogP contribution < -0.4 is 0 Å². The van der Waals surface area contributed by atoms with E-state index in [9.17, 15) is 5.11 Å². The Bertz CT molecular complexity index is 254. The second-order valence-corrected chi connectivity index (χ2v) is 6.87. The number of allylic oxidation sites excluding steroid dienone is 1. The van der Waals surface area contributed by atoms with Crippen LogP contribution in [0.3, 0.4) is 0 Å². The van der Waals surface area contributed by atoms with E-state index in [0.29, 0.717) is 10.5 Å². The molecule has 0 aliphatic carbocycles. The van der Waals surface area contributed by atoms with Crippen molar-refractivity contribution in [3.63, 3.8) is 0 Å². The van der Waals surface area contributed by atoms with Crippen LogP contribution in [0.5, 0.6) is 0 Å². The van der Waals surface area contributed by atoms with Crippen LogP contribution in [0.4, 0.5) is 0 Å². The van der Waals surface area contributed by atoms with Gasteiger partial charge in [-0.1, -0.05) is 0 Å². The van der Waals surface area contributed by atoms with Crippen LogP contribution in [0.2, 0.25) is 0 Å². The van der Waals surface area contributed by atoms with Crippen LogP contribution in [0, 0.1) is 5.39 Å². The Hall–Kier alpha value is -0.340. The van der Waals surface area contributed by atoms with Crippen molar-refractivity contribution in [3.05, 3.63) is 16.9 Å². The molecule has 0 unspecified atom stereocenters. The molecule has 0 bridgehead atoms. The van der Waals surface area contributed by atoms with E-state index in [2.05, 4.69) is 11.9 Å². The largest absolute Gasteiger partial charge is 0.505 e. The lowest BCUT2D eigenvalue weighted by atomic mass is 10.2. The summed E-state index contributed by atoms with van der Waals surface area (Å²) in [5, 5.41) is 17.4. The van der Waals surface area contributed by atoms with Crippen molar-refractivity contribution < 1.29 is 5.11 Å². The van der Waals surface area contributed by atoms with E-state index in [4.69, 9.17) is 5.39 Å². The minimum Gasteiger partial charge on any atom is -0.505 e. The molecule has 1 rings (SSSR count). The Kier molecular flexibility index (Phi) is 4.63. The fraction of sp³-hybridized carbons (Fsp3) is 0.778. The van der Waals surface area contributed by atoms with E-state index in [0.717, 1.165) is 19.0 Å². The van der Waals surface area contributed by atoms with E-state index >= 15 is 0 Å². The second-order valence-electron chi connectivity index (χ2n) is 3.42. The maximum absolute atomic E-state index is 9.20. The van der Waals surface area contributed by atoms with Gasteiger partial charge in [0.05, 0.1) is 4.08 Å². The summed E-state index contributed by atoms with van der Waals surface area (Å²) in [5.74, 6) is 2.62. The molecule has 5 heteroatoms. The first-order valence-corrected chi connectivity index (χ1v) is 6.63. The van der Waals surface area contributed by atoms with Crippen molar-refractivity contribution in [1.29, 1.82) is 5.39 Å². The summed E-state index contributed by atoms with van der Waals surface area (Å²) in [7, 11) is 0. The predicted octanol–water partition coefficient (Wildman–Crippen LogP) is 3.61. The van der Waals surface area contributed by atoms with Gasteiger partial charge in [0.2, 0.25) is 5.39 Å². The van der Waals surface area contributed by atoms with Crippen LogP contribution >= 0.6 is 23.5 Å². The molecule has 3 nitrogen and oxygen atoms in total. The Labute approximate surface area is 93.0 Å². The zero-order valence-corrected chi connectivity index (χ0v) is 9.90. The normalized spacial score (nSPS) is 20.7. The lowest BCUT2D eigenvalue weighted by Gasteiger charge is -2.20. The quantitative estimate of drug-likeness (QED) is 0.593. The average Bonchev–Trinajstić information content (AvgIpc) is 2.53. The van der Waals surface area contributed by atoms with Gasteiger partial charge in [-0.05, 0) is 19.8 Å². The van der Waals surface area contributed by atoms with Gasteiger partial charge in [0.15, 0.2) is 10.7 Å². The van der Waals surface area contributed by atoms with Crippen molar-refractivity contribution in [1.82, 2.24) is 0 Å². The van der Waals surface area contributed by atoms with Crippen molar-refractivity contribution in [2.24, 2.45) is 0 Å². The fourth-order valence-corrected chi connectivity index (χ4v) is 4.36. The minimum absolute atomic E-state index is 0.157. The Morgan fingerprint density at radius 2 is 2.21 bits per heavy atom. The molecule has 0 amide bonds. The number of aliphatic hydroxyl groups is 1. The molecule has 0 radical (unpaired) electrons. The number of nitrogens with zero attached hydrogens (tertiary/aromatic N) is 2. The standard InChI is InChI=1S/C9H14N2OS2/c1-9(13-5-6-14-9)4-2-3-8(12)7-11-10/h7H,2-6H2,1H3/p+1/b8-7-. The first-order valence-electron chi connectivity index (χ1n) is 4.66. The lowest BCUT2D eigenvalue weighted by Crippen LogP contribution is -2.10. The van der Waals surface area contributed by atoms with E-state index in [-0.39, 0.29) is 5.76 Å². The summed E-state index contributed by atoms with van der Waals surface area (Å²) >= 11 is 4.00. The molecule has 78 valence electrons. The van der Waals surface area contributed by atoms with E-state index in [1.807, 2.05) is 23.5 Å². The predicted molar refractivity (Wildman–Crippen MR) is 63.0 cm³/mol. The lowest BCUT2D eigenvalue weighted by molar-refractivity contribution is 0.381. The highest BCUT2D eigenvalue weighted by Gasteiger charge is 2.29. The number of hydrogen-bond acceptors (Lipinski definition) is 4. The highest BCUT2D eigenvalue weighted by atomic mass is 32.2. The summed E-state index contributed by atoms with van der Waals surface area (Å²) in [6, 6.07) is 0. The zero-order valence-electron chi connectivity index (χ0n) is 8.27. The first-order chi connectivity index (χ1) is 6.66. The van der Waals surface area contributed by atoms with Gasteiger partial charge in [-0.15, -0.1) is 23.5 Å². The van der Waals surface area contributed by atoms with Gasteiger partial charge in [-0.3, -0.25) is 0 Å². The molecule has 1 aliphatic heterocycles. The van der Waals surface area contributed by atoms with Crippen molar-refractivity contribution in [2.45, 2.75) is 30.3 Å².